The minimum Gasteiger partial charge on any atom is -0.492 e. The van der Waals surface area contributed by atoms with Gasteiger partial charge in [-0.2, -0.15) is 0 Å². The van der Waals surface area contributed by atoms with Crippen molar-refractivity contribution in [1.29, 1.82) is 0 Å². The van der Waals surface area contributed by atoms with Crippen LogP contribution in [0.3, 0.4) is 0 Å². The van der Waals surface area contributed by atoms with Gasteiger partial charge >= 0.3 is 0 Å². The monoisotopic (exact) mass is 532 g/mol. The third kappa shape index (κ3) is 5.60. The molecule has 7 nitrogen and oxygen atoms in total. The molecule has 0 fully saturated rings. The largest absolute Gasteiger partial charge is 0.492 e. The van der Waals surface area contributed by atoms with Crippen LogP contribution in [0, 0.1) is 0 Å². The van der Waals surface area contributed by atoms with Gasteiger partial charge in [-0.3, -0.25) is 9.59 Å². The summed E-state index contributed by atoms with van der Waals surface area (Å²) in [6.07, 6.45) is 2.69. The maximum absolute atomic E-state index is 13.3. The van der Waals surface area contributed by atoms with Gasteiger partial charge in [0.15, 0.2) is 0 Å². The van der Waals surface area contributed by atoms with Gasteiger partial charge in [-0.25, -0.2) is 4.98 Å². The van der Waals surface area contributed by atoms with Gasteiger partial charge in [0.2, 0.25) is 5.91 Å². The predicted octanol–water partition coefficient (Wildman–Crippen LogP) is 6.12. The van der Waals surface area contributed by atoms with E-state index in [0.29, 0.717) is 53.0 Å². The lowest BCUT2D eigenvalue weighted by molar-refractivity contribution is -0.115. The van der Waals surface area contributed by atoms with Crippen molar-refractivity contribution in [3.63, 3.8) is 0 Å². The van der Waals surface area contributed by atoms with Crippen molar-refractivity contribution in [2.75, 3.05) is 35.7 Å². The van der Waals surface area contributed by atoms with Crippen molar-refractivity contribution in [2.45, 2.75) is 12.8 Å². The molecule has 5 rings (SSSR count). The van der Waals surface area contributed by atoms with Crippen molar-refractivity contribution in [3.05, 3.63) is 88.4 Å². The molecule has 3 heterocycles. The Morgan fingerprint density at radius 2 is 1.95 bits per heavy atom. The van der Waals surface area contributed by atoms with Crippen LogP contribution in [0.25, 0.3) is 10.4 Å². The van der Waals surface area contributed by atoms with E-state index in [2.05, 4.69) is 15.6 Å². The third-order valence-electron chi connectivity index (χ3n) is 6.00. The van der Waals surface area contributed by atoms with E-state index in [1.54, 1.807) is 24.2 Å². The van der Waals surface area contributed by atoms with Crippen LogP contribution in [0.2, 0.25) is 5.02 Å². The Balaban J connectivity index is 1.29. The SMILES string of the molecule is CN(C(=O)c1cc2c(s1)-c1ccc(NC(=O)CCNc3ccccn3)cc1OCC2)c1ccccc1Cl. The van der Waals surface area contributed by atoms with Gasteiger partial charge in [0.05, 0.1) is 22.2 Å². The van der Waals surface area contributed by atoms with E-state index in [1.807, 2.05) is 60.7 Å². The minimum atomic E-state index is -0.114. The summed E-state index contributed by atoms with van der Waals surface area (Å²) < 4.78 is 6.01. The molecule has 0 saturated heterocycles. The topological polar surface area (TPSA) is 83.6 Å². The first-order valence-electron chi connectivity index (χ1n) is 11.9. The normalized spacial score (nSPS) is 11.9. The molecular formula is C28H25ClN4O3S. The third-order valence-corrected chi connectivity index (χ3v) is 7.52. The maximum Gasteiger partial charge on any atom is 0.268 e. The standard InChI is InChI=1S/C28H25ClN4O3S/c1-33(22-7-3-2-6-21(22)29)28(35)24-16-18-12-15-36-23-17-19(9-10-20(23)27(18)37-24)32-26(34)11-14-31-25-8-4-5-13-30-25/h2-10,13,16-17H,11-12,14-15H2,1H3,(H,30,31)(H,32,34). The number of para-hydroxylation sites is 1. The van der Waals surface area contributed by atoms with E-state index in [4.69, 9.17) is 16.3 Å². The molecule has 2 aromatic heterocycles. The number of hydrogen-bond donors (Lipinski definition) is 2. The number of nitrogens with one attached hydrogen (secondary N) is 2. The maximum atomic E-state index is 13.3. The number of pyridine rings is 1. The summed E-state index contributed by atoms with van der Waals surface area (Å²) in [7, 11) is 1.73. The van der Waals surface area contributed by atoms with Gasteiger partial charge in [0.25, 0.3) is 5.91 Å². The lowest BCUT2D eigenvalue weighted by Gasteiger charge is -2.17. The minimum absolute atomic E-state index is 0.107. The highest BCUT2D eigenvalue weighted by molar-refractivity contribution is 7.17. The quantitative estimate of drug-likeness (QED) is 0.300. The number of nitrogens with zero attached hydrogens (tertiary/aromatic N) is 2. The number of amides is 2. The van der Waals surface area contributed by atoms with Crippen LogP contribution < -0.4 is 20.3 Å². The van der Waals surface area contributed by atoms with Gasteiger partial charge in [-0.15, -0.1) is 11.3 Å². The number of fused-ring (bicyclic) bond motifs is 3. The van der Waals surface area contributed by atoms with E-state index >= 15 is 0 Å². The van der Waals surface area contributed by atoms with Gasteiger partial charge in [0, 0.05) is 54.8 Å². The number of carbonyl (C=O) groups is 2. The molecule has 1 aliphatic heterocycles. The average molecular weight is 533 g/mol. The molecule has 0 unspecified atom stereocenters. The Labute approximate surface area is 224 Å². The van der Waals surface area contributed by atoms with Gasteiger partial charge in [-0.05, 0) is 48.0 Å². The summed E-state index contributed by atoms with van der Waals surface area (Å²) in [5.41, 5.74) is 3.30. The van der Waals surface area contributed by atoms with Gasteiger partial charge in [-0.1, -0.05) is 29.8 Å². The zero-order valence-corrected chi connectivity index (χ0v) is 21.7. The Morgan fingerprint density at radius 1 is 1.11 bits per heavy atom. The molecule has 188 valence electrons. The van der Waals surface area contributed by atoms with E-state index in [9.17, 15) is 9.59 Å². The molecule has 2 aromatic carbocycles. The second-order valence-corrected chi connectivity index (χ2v) is 9.99. The zero-order valence-electron chi connectivity index (χ0n) is 20.2. The van der Waals surface area contributed by atoms with Crippen molar-refractivity contribution in [1.82, 2.24) is 4.98 Å². The fourth-order valence-electron chi connectivity index (χ4n) is 4.12. The summed E-state index contributed by atoms with van der Waals surface area (Å²) in [6, 6.07) is 20.5. The van der Waals surface area contributed by atoms with Crippen molar-refractivity contribution in [3.8, 4) is 16.2 Å². The molecule has 0 aliphatic carbocycles. The summed E-state index contributed by atoms with van der Waals surface area (Å²) in [5, 5.41) is 6.59. The van der Waals surface area contributed by atoms with Crippen LogP contribution in [-0.4, -0.2) is 37.0 Å². The second-order valence-electron chi connectivity index (χ2n) is 8.53. The Kier molecular flexibility index (Phi) is 7.39. The number of thiophene rings is 1. The number of anilines is 3. The van der Waals surface area contributed by atoms with E-state index in [-0.39, 0.29) is 11.8 Å². The number of rotatable bonds is 7. The van der Waals surface area contributed by atoms with Crippen LogP contribution >= 0.6 is 22.9 Å². The fraction of sp³-hybridized carbons (Fsp3) is 0.179. The number of aromatic nitrogens is 1. The zero-order chi connectivity index (χ0) is 25.8. The molecule has 0 radical (unpaired) electrons. The number of halogens is 1. The first-order valence-corrected chi connectivity index (χ1v) is 13.1. The second kappa shape index (κ2) is 11.0. The average Bonchev–Trinajstić information content (AvgIpc) is 3.25. The van der Waals surface area contributed by atoms with Crippen LogP contribution in [0.4, 0.5) is 17.2 Å². The van der Waals surface area contributed by atoms with E-state index in [0.717, 1.165) is 21.8 Å². The summed E-state index contributed by atoms with van der Waals surface area (Å²) in [5.74, 6) is 1.20. The van der Waals surface area contributed by atoms with E-state index < -0.39 is 0 Å². The molecule has 37 heavy (non-hydrogen) atoms. The van der Waals surface area contributed by atoms with Crippen molar-refractivity contribution >= 4 is 51.9 Å². The molecule has 0 bridgehead atoms. The summed E-state index contributed by atoms with van der Waals surface area (Å²) >= 11 is 7.75. The smallest absolute Gasteiger partial charge is 0.268 e. The molecule has 1 aliphatic rings. The molecule has 4 aromatic rings. The lowest BCUT2D eigenvalue weighted by Crippen LogP contribution is -2.25. The molecule has 2 N–H and O–H groups in total. The summed E-state index contributed by atoms with van der Waals surface area (Å²) in [4.78, 5) is 33.1. The van der Waals surface area contributed by atoms with Crippen molar-refractivity contribution < 1.29 is 14.3 Å². The van der Waals surface area contributed by atoms with Crippen LogP contribution in [-0.2, 0) is 11.2 Å². The van der Waals surface area contributed by atoms with Crippen molar-refractivity contribution in [2.24, 2.45) is 0 Å². The van der Waals surface area contributed by atoms with Crippen LogP contribution in [0.1, 0.15) is 21.7 Å². The molecule has 2 amide bonds. The molecular weight excluding hydrogens is 508 g/mol. The first kappa shape index (κ1) is 24.8. The lowest BCUT2D eigenvalue weighted by atomic mass is 10.1. The number of carbonyl (C=O) groups excluding carboxylic acids is 2. The number of benzene rings is 2. The van der Waals surface area contributed by atoms with E-state index in [1.165, 1.54) is 11.3 Å². The highest BCUT2D eigenvalue weighted by Gasteiger charge is 2.24. The fourth-order valence-corrected chi connectivity index (χ4v) is 5.60. The van der Waals surface area contributed by atoms with Crippen LogP contribution in [0.5, 0.6) is 5.75 Å². The number of hydrogen-bond acceptors (Lipinski definition) is 6. The predicted molar refractivity (Wildman–Crippen MR) is 149 cm³/mol. The molecule has 0 atom stereocenters. The number of ether oxygens (including phenoxy) is 1. The summed E-state index contributed by atoms with van der Waals surface area (Å²) in [6.45, 7) is 0.957. The Hall–Kier alpha value is -3.88. The highest BCUT2D eigenvalue weighted by atomic mass is 35.5. The van der Waals surface area contributed by atoms with Gasteiger partial charge < -0.3 is 20.3 Å². The van der Waals surface area contributed by atoms with Gasteiger partial charge in [0.1, 0.15) is 11.6 Å². The highest BCUT2D eigenvalue weighted by Crippen LogP contribution is 2.42. The van der Waals surface area contributed by atoms with Crippen LogP contribution in [0.15, 0.2) is 72.9 Å². The molecule has 9 heteroatoms. The first-order chi connectivity index (χ1) is 18.0. The Morgan fingerprint density at radius 3 is 2.76 bits per heavy atom. The Bertz CT molecular complexity index is 1440. The molecule has 0 spiro atoms. The molecule has 0 saturated carbocycles.